The summed E-state index contributed by atoms with van der Waals surface area (Å²) in [5.74, 6) is -0.0709. The summed E-state index contributed by atoms with van der Waals surface area (Å²) in [5.41, 5.74) is 0. The minimum atomic E-state index is -0.848. The van der Waals surface area contributed by atoms with Gasteiger partial charge in [-0.2, -0.15) is 0 Å². The van der Waals surface area contributed by atoms with E-state index in [9.17, 15) is 15.0 Å². The van der Waals surface area contributed by atoms with Gasteiger partial charge >= 0.3 is 0 Å². The molecule has 4 heteroatoms. The number of amides is 1. The Balaban J connectivity index is 3.58. The Morgan fingerprint density at radius 1 is 0.368 bits per heavy atom. The number of hydrogen-bond donors (Lipinski definition) is 3. The molecule has 0 aliphatic carbocycles. The number of hydrogen-bond acceptors (Lipinski definition) is 3. The third kappa shape index (κ3) is 54.0. The summed E-state index contributed by atoms with van der Waals surface area (Å²) < 4.78 is 0. The Hall–Kier alpha value is -2.95. The van der Waals surface area contributed by atoms with Crippen LogP contribution < -0.4 is 5.32 Å². The van der Waals surface area contributed by atoms with Crippen molar-refractivity contribution in [1.82, 2.24) is 5.32 Å². The van der Waals surface area contributed by atoms with Gasteiger partial charge in [-0.15, -0.1) is 0 Å². The van der Waals surface area contributed by atoms with Crippen LogP contribution >= 0.6 is 0 Å². The number of aliphatic hydroxyl groups excluding tert-OH is 2. The van der Waals surface area contributed by atoms with Crippen molar-refractivity contribution in [2.75, 3.05) is 6.61 Å². The third-order valence-electron chi connectivity index (χ3n) is 12.8. The van der Waals surface area contributed by atoms with Crippen molar-refractivity contribution in [3.05, 3.63) is 109 Å². The number of aliphatic hydroxyl groups is 2. The topological polar surface area (TPSA) is 69.6 Å². The highest BCUT2D eigenvalue weighted by Crippen LogP contribution is 2.16. The van der Waals surface area contributed by atoms with E-state index in [0.29, 0.717) is 6.42 Å². The minimum Gasteiger partial charge on any atom is -0.394 e. The van der Waals surface area contributed by atoms with Crippen LogP contribution in [0.25, 0.3) is 0 Å². The second-order valence-electron chi connectivity index (χ2n) is 19.3. The predicted octanol–water partition coefficient (Wildman–Crippen LogP) is 19.5. The van der Waals surface area contributed by atoms with E-state index in [1.165, 1.54) is 173 Å². The van der Waals surface area contributed by atoms with Gasteiger partial charge in [0, 0.05) is 6.42 Å². The molecule has 0 spiro atoms. The lowest BCUT2D eigenvalue weighted by Gasteiger charge is -2.20. The predicted molar refractivity (Wildman–Crippen MR) is 303 cm³/mol. The van der Waals surface area contributed by atoms with E-state index in [2.05, 4.69) is 116 Å². The summed E-state index contributed by atoms with van der Waals surface area (Å²) in [4.78, 5) is 12.5. The van der Waals surface area contributed by atoms with Crippen LogP contribution in [0, 0.1) is 0 Å². The first kappa shape index (κ1) is 65.0. The average Bonchev–Trinajstić information content (AvgIpc) is 3.34. The van der Waals surface area contributed by atoms with Gasteiger partial charge in [-0.1, -0.05) is 290 Å². The Kier molecular flexibility index (Phi) is 55.8. The molecule has 0 aromatic rings. The zero-order valence-electron chi connectivity index (χ0n) is 44.8. The summed E-state index contributed by atoms with van der Waals surface area (Å²) in [6, 6.07) is -0.632. The summed E-state index contributed by atoms with van der Waals surface area (Å²) in [6.45, 7) is 4.20. The van der Waals surface area contributed by atoms with Crippen LogP contribution in [-0.2, 0) is 4.79 Å². The highest BCUT2D eigenvalue weighted by molar-refractivity contribution is 5.76. The quantitative estimate of drug-likeness (QED) is 0.0420. The maximum absolute atomic E-state index is 12.5. The van der Waals surface area contributed by atoms with Crippen molar-refractivity contribution in [2.45, 2.75) is 283 Å². The molecule has 0 heterocycles. The van der Waals surface area contributed by atoms with Gasteiger partial charge in [0.25, 0.3) is 0 Å². The fourth-order valence-electron chi connectivity index (χ4n) is 8.37. The zero-order chi connectivity index (χ0) is 49.2. The van der Waals surface area contributed by atoms with Gasteiger partial charge in [-0.3, -0.25) is 4.79 Å². The van der Waals surface area contributed by atoms with Crippen LogP contribution in [-0.4, -0.2) is 34.9 Å². The standard InChI is InChI=1S/C64H111NO3/c1-3-5-7-9-11-13-15-17-19-21-23-25-26-27-28-29-30-31-32-33-34-35-36-37-38-40-42-44-46-48-50-52-54-56-58-60-64(68)65-62(61-66)63(67)59-57-55-53-51-49-47-45-43-41-39-24-22-20-18-16-14-12-10-8-6-4-2/h5,7,11,13,17,19,23,25,27-28,30-31,33-34,36-37,57,59,62-63,66-67H,3-4,6,8-10,12,14-16,18,20-22,24,26,29,32,35,38-56,58,60-61H2,1-2H3,(H,65,68)/b7-5-,13-11-,19-17-,25-23-,28-27-,31-30-,34-33-,37-36-,59-57+. The normalized spacial score (nSPS) is 13.6. The lowest BCUT2D eigenvalue weighted by molar-refractivity contribution is -0.123. The molecule has 4 nitrogen and oxygen atoms in total. The molecule has 2 atom stereocenters. The Morgan fingerprint density at radius 2 is 0.647 bits per heavy atom. The van der Waals surface area contributed by atoms with Crippen LogP contribution in [0.5, 0.6) is 0 Å². The molecule has 390 valence electrons. The van der Waals surface area contributed by atoms with E-state index in [1.54, 1.807) is 6.08 Å². The Morgan fingerprint density at radius 3 is 0.971 bits per heavy atom. The molecule has 0 aliphatic heterocycles. The second kappa shape index (κ2) is 58.4. The number of allylic oxidation sites excluding steroid dienone is 17. The minimum absolute atomic E-state index is 0.0709. The van der Waals surface area contributed by atoms with Gasteiger partial charge in [0.2, 0.25) is 5.91 Å². The molecular formula is C64H111NO3. The monoisotopic (exact) mass is 942 g/mol. The molecule has 0 rings (SSSR count). The smallest absolute Gasteiger partial charge is 0.220 e. The van der Waals surface area contributed by atoms with Gasteiger partial charge in [-0.05, 0) is 83.5 Å². The van der Waals surface area contributed by atoms with Crippen LogP contribution in [0.4, 0.5) is 0 Å². The van der Waals surface area contributed by atoms with E-state index in [4.69, 9.17) is 0 Å². The van der Waals surface area contributed by atoms with E-state index < -0.39 is 12.1 Å². The van der Waals surface area contributed by atoms with Crippen LogP contribution in [0.1, 0.15) is 271 Å². The van der Waals surface area contributed by atoms with E-state index >= 15 is 0 Å². The summed E-state index contributed by atoms with van der Waals surface area (Å²) in [7, 11) is 0. The lowest BCUT2D eigenvalue weighted by atomic mass is 10.0. The second-order valence-corrected chi connectivity index (χ2v) is 19.3. The third-order valence-corrected chi connectivity index (χ3v) is 12.8. The summed E-state index contributed by atoms with van der Waals surface area (Å²) >= 11 is 0. The van der Waals surface area contributed by atoms with Gasteiger partial charge in [0.15, 0.2) is 0 Å². The molecule has 68 heavy (non-hydrogen) atoms. The molecule has 0 bridgehead atoms. The SMILES string of the molecule is CC/C=C\C/C=C\C/C=C\C/C=C\C/C=C\C/C=C\C/C=C\C/C=C\CCCCCCCCCCCCC(=O)NC(CO)C(O)/C=C/CCCCCCCCCCCCCCCCCCCCC. The number of carbonyl (C=O) groups is 1. The van der Waals surface area contributed by atoms with Gasteiger partial charge in [-0.25, -0.2) is 0 Å². The summed E-state index contributed by atoms with van der Waals surface area (Å²) in [5, 5.41) is 23.2. The molecule has 3 N–H and O–H groups in total. The number of unbranched alkanes of at least 4 members (excludes halogenated alkanes) is 29. The molecule has 0 aromatic carbocycles. The molecule has 0 saturated heterocycles. The Bertz CT molecular complexity index is 1300. The van der Waals surface area contributed by atoms with Crippen molar-refractivity contribution in [1.29, 1.82) is 0 Å². The maximum Gasteiger partial charge on any atom is 0.220 e. The number of nitrogens with one attached hydrogen (secondary N) is 1. The lowest BCUT2D eigenvalue weighted by Crippen LogP contribution is -2.45. The van der Waals surface area contributed by atoms with Gasteiger partial charge in [0.05, 0.1) is 18.8 Å². The zero-order valence-corrected chi connectivity index (χ0v) is 44.8. The van der Waals surface area contributed by atoms with Crippen molar-refractivity contribution < 1.29 is 15.0 Å². The molecule has 0 radical (unpaired) electrons. The maximum atomic E-state index is 12.5. The van der Waals surface area contributed by atoms with Crippen molar-refractivity contribution in [3.63, 3.8) is 0 Å². The number of rotatable bonds is 52. The Labute approximate surface area is 423 Å². The average molecular weight is 943 g/mol. The van der Waals surface area contributed by atoms with Crippen molar-refractivity contribution in [2.24, 2.45) is 0 Å². The fourth-order valence-corrected chi connectivity index (χ4v) is 8.37. The van der Waals surface area contributed by atoms with Crippen LogP contribution in [0.15, 0.2) is 109 Å². The summed E-state index contributed by atoms with van der Waals surface area (Å²) in [6.07, 6.45) is 88.2. The molecule has 0 aliphatic rings. The first-order chi connectivity index (χ1) is 33.7. The van der Waals surface area contributed by atoms with Gasteiger partial charge in [0.1, 0.15) is 0 Å². The van der Waals surface area contributed by atoms with Crippen molar-refractivity contribution in [3.8, 4) is 0 Å². The number of carbonyl (C=O) groups excluding carboxylic acids is 1. The van der Waals surface area contributed by atoms with E-state index in [1.807, 2.05) is 6.08 Å². The molecule has 0 aromatic heterocycles. The van der Waals surface area contributed by atoms with Gasteiger partial charge < -0.3 is 15.5 Å². The molecule has 0 fully saturated rings. The molecule has 0 saturated carbocycles. The van der Waals surface area contributed by atoms with Crippen LogP contribution in [0.3, 0.4) is 0 Å². The van der Waals surface area contributed by atoms with Crippen LogP contribution in [0.2, 0.25) is 0 Å². The highest BCUT2D eigenvalue weighted by atomic mass is 16.3. The first-order valence-corrected chi connectivity index (χ1v) is 29.1. The largest absolute Gasteiger partial charge is 0.394 e. The molecular weight excluding hydrogens is 831 g/mol. The first-order valence-electron chi connectivity index (χ1n) is 29.1. The van der Waals surface area contributed by atoms with E-state index in [0.717, 1.165) is 77.0 Å². The van der Waals surface area contributed by atoms with E-state index in [-0.39, 0.29) is 12.5 Å². The van der Waals surface area contributed by atoms with Crippen molar-refractivity contribution >= 4 is 5.91 Å². The highest BCUT2D eigenvalue weighted by Gasteiger charge is 2.18. The molecule has 1 amide bonds. The molecule has 2 unspecified atom stereocenters. The fraction of sp³-hybridized carbons (Fsp3) is 0.703.